The molecular formula is C25H34O3. The van der Waals surface area contributed by atoms with E-state index in [2.05, 4.69) is 38.7 Å². The van der Waals surface area contributed by atoms with Crippen LogP contribution in [0.3, 0.4) is 0 Å². The number of fused-ring (bicyclic) bond motifs is 4. The minimum Gasteiger partial charge on any atom is -0.377 e. The fourth-order valence-corrected chi connectivity index (χ4v) is 6.78. The summed E-state index contributed by atoms with van der Waals surface area (Å²) in [5.74, 6) is 7.70. The first-order chi connectivity index (χ1) is 13.4. The number of hydrogen-bond donors (Lipinski definition) is 1. The Morgan fingerprint density at radius 3 is 2.68 bits per heavy atom. The Labute approximate surface area is 169 Å². The molecule has 0 radical (unpaired) electrons. The molecule has 0 aromatic rings. The molecule has 0 aromatic heterocycles. The molecule has 1 heterocycles. The maximum atomic E-state index is 11.5. The summed E-state index contributed by atoms with van der Waals surface area (Å²) in [5, 5.41) is 11.5. The second-order valence-corrected chi connectivity index (χ2v) is 10.2. The van der Waals surface area contributed by atoms with E-state index in [-0.39, 0.29) is 11.2 Å². The van der Waals surface area contributed by atoms with Crippen molar-refractivity contribution in [1.29, 1.82) is 0 Å². The molecule has 3 heteroatoms. The van der Waals surface area contributed by atoms with E-state index in [1.54, 1.807) is 16.7 Å². The van der Waals surface area contributed by atoms with Gasteiger partial charge in [0.2, 0.25) is 0 Å². The van der Waals surface area contributed by atoms with Crippen LogP contribution < -0.4 is 0 Å². The summed E-state index contributed by atoms with van der Waals surface area (Å²) in [6.45, 7) is 7.99. The van der Waals surface area contributed by atoms with Crippen molar-refractivity contribution in [2.45, 2.75) is 83.5 Å². The van der Waals surface area contributed by atoms with Gasteiger partial charge in [-0.3, -0.25) is 0 Å². The van der Waals surface area contributed by atoms with Crippen molar-refractivity contribution in [2.24, 2.45) is 23.2 Å². The average molecular weight is 383 g/mol. The highest BCUT2D eigenvalue weighted by atomic mass is 16.7. The zero-order chi connectivity index (χ0) is 19.6. The SMILES string of the molecule is CC(C)C#C[C@]1(O)CC[C@H]2[C@@H]3CCC4=C(CCC5(C4)OCCO5)C3=CC[C@@]21C. The van der Waals surface area contributed by atoms with E-state index in [0.29, 0.717) is 17.8 Å². The Morgan fingerprint density at radius 1 is 1.14 bits per heavy atom. The molecule has 0 unspecified atom stereocenters. The van der Waals surface area contributed by atoms with Gasteiger partial charge in [0.15, 0.2) is 5.79 Å². The fraction of sp³-hybridized carbons (Fsp3) is 0.760. The van der Waals surface area contributed by atoms with Crippen LogP contribution in [0.4, 0.5) is 0 Å². The molecule has 28 heavy (non-hydrogen) atoms. The highest BCUT2D eigenvalue weighted by molar-refractivity contribution is 5.45. The van der Waals surface area contributed by atoms with E-state index in [9.17, 15) is 5.11 Å². The molecule has 1 N–H and O–H groups in total. The van der Waals surface area contributed by atoms with Crippen LogP contribution in [0.1, 0.15) is 72.1 Å². The molecule has 4 atom stereocenters. The molecule has 1 saturated heterocycles. The second kappa shape index (κ2) is 6.46. The quantitative estimate of drug-likeness (QED) is 0.614. The molecule has 1 saturated carbocycles. The minimum atomic E-state index is -0.833. The molecule has 1 aliphatic heterocycles. The largest absolute Gasteiger partial charge is 0.377 e. The Hall–Kier alpha value is -1.08. The third-order valence-corrected chi connectivity index (χ3v) is 8.36. The summed E-state index contributed by atoms with van der Waals surface area (Å²) in [6.07, 6.45) is 10.7. The van der Waals surface area contributed by atoms with Crippen LogP contribution in [0.15, 0.2) is 22.8 Å². The normalized spacial score (nSPS) is 41.2. The van der Waals surface area contributed by atoms with Crippen molar-refractivity contribution in [3.63, 3.8) is 0 Å². The maximum Gasteiger partial charge on any atom is 0.172 e. The second-order valence-electron chi connectivity index (χ2n) is 10.2. The van der Waals surface area contributed by atoms with Gasteiger partial charge >= 0.3 is 0 Å². The van der Waals surface area contributed by atoms with Gasteiger partial charge in [-0.25, -0.2) is 0 Å². The standard InChI is InChI=1S/C25H34O3/c1-17(2)6-11-24(26)12-9-22-21-5-4-18-16-25(27-14-15-28-25)13-8-19(18)20(21)7-10-23(22,24)3/h7,17,21-22,26H,4-5,8-10,12-16H2,1-3H3/t21-,22+,23+,24+/m1/s1. The van der Waals surface area contributed by atoms with Gasteiger partial charge in [0.05, 0.1) is 13.2 Å². The molecule has 0 bridgehead atoms. The first-order valence-corrected chi connectivity index (χ1v) is 11.3. The minimum absolute atomic E-state index is 0.116. The molecular weight excluding hydrogens is 348 g/mol. The maximum absolute atomic E-state index is 11.5. The summed E-state index contributed by atoms with van der Waals surface area (Å²) < 4.78 is 12.0. The monoisotopic (exact) mass is 382 g/mol. The molecule has 5 rings (SSSR count). The summed E-state index contributed by atoms with van der Waals surface area (Å²) >= 11 is 0. The lowest BCUT2D eigenvalue weighted by atomic mass is 9.56. The molecule has 2 fully saturated rings. The first-order valence-electron chi connectivity index (χ1n) is 11.3. The van der Waals surface area contributed by atoms with Crippen molar-refractivity contribution in [3.8, 4) is 11.8 Å². The summed E-state index contributed by atoms with van der Waals surface area (Å²) in [6, 6.07) is 0. The van der Waals surface area contributed by atoms with E-state index < -0.39 is 5.60 Å². The Morgan fingerprint density at radius 2 is 1.93 bits per heavy atom. The molecule has 0 aromatic carbocycles. The third kappa shape index (κ3) is 2.68. The van der Waals surface area contributed by atoms with Crippen molar-refractivity contribution in [2.75, 3.05) is 13.2 Å². The molecule has 1 spiro atoms. The predicted octanol–water partition coefficient (Wildman–Crippen LogP) is 4.76. The number of rotatable bonds is 0. The van der Waals surface area contributed by atoms with Gasteiger partial charge in [-0.1, -0.05) is 44.3 Å². The lowest BCUT2D eigenvalue weighted by Crippen LogP contribution is -2.48. The van der Waals surface area contributed by atoms with Gasteiger partial charge in [0.25, 0.3) is 0 Å². The van der Waals surface area contributed by atoms with Crippen molar-refractivity contribution >= 4 is 0 Å². The molecule has 0 amide bonds. The lowest BCUT2D eigenvalue weighted by Gasteiger charge is -2.50. The van der Waals surface area contributed by atoms with Crippen molar-refractivity contribution < 1.29 is 14.6 Å². The number of hydrogen-bond acceptors (Lipinski definition) is 3. The van der Waals surface area contributed by atoms with Crippen molar-refractivity contribution in [1.82, 2.24) is 0 Å². The number of aliphatic hydroxyl groups is 1. The van der Waals surface area contributed by atoms with E-state index in [0.717, 1.165) is 58.2 Å². The van der Waals surface area contributed by atoms with Crippen LogP contribution in [-0.4, -0.2) is 29.7 Å². The summed E-state index contributed by atoms with van der Waals surface area (Å²) in [4.78, 5) is 0. The van der Waals surface area contributed by atoms with Gasteiger partial charge in [0, 0.05) is 24.2 Å². The summed E-state index contributed by atoms with van der Waals surface area (Å²) in [5.41, 5.74) is 3.83. The topological polar surface area (TPSA) is 38.7 Å². The van der Waals surface area contributed by atoms with Crippen LogP contribution in [0, 0.1) is 35.0 Å². The number of ether oxygens (including phenoxy) is 2. The molecule has 5 aliphatic rings. The fourth-order valence-electron chi connectivity index (χ4n) is 6.78. The van der Waals surface area contributed by atoms with Crippen molar-refractivity contribution in [3.05, 3.63) is 22.8 Å². The third-order valence-electron chi connectivity index (χ3n) is 8.36. The van der Waals surface area contributed by atoms with Gasteiger partial charge in [-0.2, -0.15) is 0 Å². The smallest absolute Gasteiger partial charge is 0.172 e. The van der Waals surface area contributed by atoms with Crippen LogP contribution in [-0.2, 0) is 9.47 Å². The highest BCUT2D eigenvalue weighted by Gasteiger charge is 2.60. The Bertz CT molecular complexity index is 788. The number of allylic oxidation sites excluding steroid dienone is 3. The molecule has 4 aliphatic carbocycles. The lowest BCUT2D eigenvalue weighted by molar-refractivity contribution is -0.164. The van der Waals surface area contributed by atoms with E-state index in [1.807, 2.05) is 0 Å². The van der Waals surface area contributed by atoms with Gasteiger partial charge in [-0.15, -0.1) is 0 Å². The van der Waals surface area contributed by atoms with Crippen LogP contribution in [0.5, 0.6) is 0 Å². The average Bonchev–Trinajstić information content (AvgIpc) is 3.22. The van der Waals surface area contributed by atoms with Crippen LogP contribution in [0.25, 0.3) is 0 Å². The summed E-state index contributed by atoms with van der Waals surface area (Å²) in [7, 11) is 0. The highest BCUT2D eigenvalue weighted by Crippen LogP contribution is 2.62. The van der Waals surface area contributed by atoms with Gasteiger partial charge in [-0.05, 0) is 61.5 Å². The van der Waals surface area contributed by atoms with E-state index >= 15 is 0 Å². The first kappa shape index (κ1) is 18.9. The Kier molecular flexibility index (Phi) is 4.36. The zero-order valence-corrected chi connectivity index (χ0v) is 17.6. The van der Waals surface area contributed by atoms with Crippen LogP contribution in [0.2, 0.25) is 0 Å². The zero-order valence-electron chi connectivity index (χ0n) is 17.6. The van der Waals surface area contributed by atoms with Crippen LogP contribution >= 0.6 is 0 Å². The van der Waals surface area contributed by atoms with Gasteiger partial charge < -0.3 is 14.6 Å². The molecule has 152 valence electrons. The van der Waals surface area contributed by atoms with E-state index in [1.165, 1.54) is 6.42 Å². The Balaban J connectivity index is 1.46. The molecule has 3 nitrogen and oxygen atoms in total. The predicted molar refractivity (Wildman–Crippen MR) is 109 cm³/mol. The van der Waals surface area contributed by atoms with Gasteiger partial charge in [0.1, 0.15) is 5.60 Å². The van der Waals surface area contributed by atoms with E-state index in [4.69, 9.17) is 9.47 Å².